The molecule has 0 aromatic heterocycles. The quantitative estimate of drug-likeness (QED) is 0.744. The molecule has 1 heterocycles. The zero-order valence-corrected chi connectivity index (χ0v) is 13.1. The van der Waals surface area contributed by atoms with Crippen molar-refractivity contribution in [3.8, 4) is 0 Å². The van der Waals surface area contributed by atoms with Crippen molar-refractivity contribution in [2.45, 2.75) is 45.8 Å². The first-order valence-electron chi connectivity index (χ1n) is 6.41. The van der Waals surface area contributed by atoms with Crippen LogP contribution in [0, 0.1) is 5.82 Å². The number of hydrogen-bond donors (Lipinski definition) is 0. The van der Waals surface area contributed by atoms with E-state index in [1.54, 1.807) is 6.07 Å². The van der Waals surface area contributed by atoms with Gasteiger partial charge in [-0.25, -0.2) is 4.39 Å². The van der Waals surface area contributed by atoms with Crippen LogP contribution in [0.25, 0.3) is 0 Å². The molecule has 1 aliphatic heterocycles. The summed E-state index contributed by atoms with van der Waals surface area (Å²) in [6.07, 6.45) is 2.20. The first kappa shape index (κ1) is 14.4. The molecule has 104 valence electrons. The molecule has 0 fully saturated rings. The Morgan fingerprint density at radius 2 is 1.68 bits per heavy atom. The number of rotatable bonds is 3. The number of ether oxygens (including phenoxy) is 2. The summed E-state index contributed by atoms with van der Waals surface area (Å²) in [6.45, 7) is 8.17. The number of halogens is 2. The van der Waals surface area contributed by atoms with Crippen LogP contribution >= 0.6 is 15.9 Å². The molecule has 0 radical (unpaired) electrons. The largest absolute Gasteiger partial charge is 0.455 e. The van der Waals surface area contributed by atoms with E-state index in [-0.39, 0.29) is 17.7 Å². The van der Waals surface area contributed by atoms with Crippen molar-refractivity contribution >= 4 is 15.9 Å². The van der Waals surface area contributed by atoms with E-state index in [9.17, 15) is 4.39 Å². The second-order valence-corrected chi connectivity index (χ2v) is 6.07. The molecule has 0 aliphatic carbocycles. The Morgan fingerprint density at radius 3 is 2.16 bits per heavy atom. The predicted octanol–water partition coefficient (Wildman–Crippen LogP) is 5.35. The third-order valence-corrected chi connectivity index (χ3v) is 4.10. The highest BCUT2D eigenvalue weighted by atomic mass is 79.9. The number of benzene rings is 1. The summed E-state index contributed by atoms with van der Waals surface area (Å²) in [6, 6.07) is 1.57. The van der Waals surface area contributed by atoms with Crippen LogP contribution in [0.3, 0.4) is 0 Å². The van der Waals surface area contributed by atoms with Gasteiger partial charge in [0.25, 0.3) is 6.29 Å². The minimum Gasteiger partial charge on any atom is -0.455 e. The van der Waals surface area contributed by atoms with E-state index < -0.39 is 6.29 Å². The highest BCUT2D eigenvalue weighted by Crippen LogP contribution is 2.41. The zero-order valence-electron chi connectivity index (χ0n) is 11.5. The minimum atomic E-state index is -0.685. The van der Waals surface area contributed by atoms with Gasteiger partial charge in [0.15, 0.2) is 0 Å². The van der Waals surface area contributed by atoms with Gasteiger partial charge in [0, 0.05) is 4.47 Å². The van der Waals surface area contributed by atoms with Gasteiger partial charge in [0.2, 0.25) is 0 Å². The lowest BCUT2D eigenvalue weighted by atomic mass is 9.90. The summed E-state index contributed by atoms with van der Waals surface area (Å²) in [5.41, 5.74) is 2.37. The summed E-state index contributed by atoms with van der Waals surface area (Å²) < 4.78 is 26.0. The van der Waals surface area contributed by atoms with Crippen LogP contribution in [-0.4, -0.2) is 0 Å². The molecule has 1 aliphatic rings. The van der Waals surface area contributed by atoms with Gasteiger partial charge in [0.1, 0.15) is 18.3 Å². The average Bonchev–Trinajstić information content (AvgIpc) is 2.83. The summed E-state index contributed by atoms with van der Waals surface area (Å²) in [5.74, 6) is 0.147. The molecular weight excluding hydrogens is 311 g/mol. The Balaban J connectivity index is 2.62. The summed E-state index contributed by atoms with van der Waals surface area (Å²) in [7, 11) is 0. The maximum Gasteiger partial charge on any atom is 0.269 e. The SMILES string of the molecule is CC(C)c1cc(F)c(C2OC=CO2)c(C(C)C)c1Br. The fourth-order valence-electron chi connectivity index (χ4n) is 2.28. The monoisotopic (exact) mass is 328 g/mol. The van der Waals surface area contributed by atoms with Crippen molar-refractivity contribution < 1.29 is 13.9 Å². The van der Waals surface area contributed by atoms with Gasteiger partial charge in [-0.05, 0) is 29.0 Å². The molecule has 19 heavy (non-hydrogen) atoms. The Hall–Kier alpha value is -1.03. The van der Waals surface area contributed by atoms with E-state index in [0.717, 1.165) is 15.6 Å². The fourth-order valence-corrected chi connectivity index (χ4v) is 3.52. The van der Waals surface area contributed by atoms with Crippen LogP contribution in [0.4, 0.5) is 4.39 Å². The first-order chi connectivity index (χ1) is 8.93. The lowest BCUT2D eigenvalue weighted by Gasteiger charge is -2.23. The zero-order chi connectivity index (χ0) is 14.2. The highest BCUT2D eigenvalue weighted by molar-refractivity contribution is 9.10. The average molecular weight is 329 g/mol. The van der Waals surface area contributed by atoms with Crippen molar-refractivity contribution in [1.82, 2.24) is 0 Å². The standard InChI is InChI=1S/C15H18BrFO2/c1-8(2)10-7-11(17)13(15-18-5-6-19-15)12(9(3)4)14(10)16/h5-9,15H,1-4H3. The molecule has 0 amide bonds. The van der Waals surface area contributed by atoms with Crippen molar-refractivity contribution in [2.75, 3.05) is 0 Å². The molecular formula is C15H18BrFO2. The minimum absolute atomic E-state index is 0.172. The third kappa shape index (κ3) is 2.64. The molecule has 0 atom stereocenters. The maximum absolute atomic E-state index is 14.5. The van der Waals surface area contributed by atoms with Crippen molar-refractivity contribution in [2.24, 2.45) is 0 Å². The molecule has 1 aromatic rings. The lowest BCUT2D eigenvalue weighted by Crippen LogP contribution is -2.10. The molecule has 2 rings (SSSR count). The third-order valence-electron chi connectivity index (χ3n) is 3.21. The van der Waals surface area contributed by atoms with E-state index in [2.05, 4.69) is 15.9 Å². The Morgan fingerprint density at radius 1 is 1.11 bits per heavy atom. The van der Waals surface area contributed by atoms with Crippen LogP contribution in [0.2, 0.25) is 0 Å². The summed E-state index contributed by atoms with van der Waals surface area (Å²) in [5, 5.41) is 0. The predicted molar refractivity (Wildman–Crippen MR) is 76.3 cm³/mol. The van der Waals surface area contributed by atoms with Gasteiger partial charge in [-0.15, -0.1) is 0 Å². The molecule has 0 unspecified atom stereocenters. The Labute approximate surface area is 121 Å². The first-order valence-corrected chi connectivity index (χ1v) is 7.20. The maximum atomic E-state index is 14.5. The van der Waals surface area contributed by atoms with E-state index >= 15 is 0 Å². The van der Waals surface area contributed by atoms with Crippen molar-refractivity contribution in [1.29, 1.82) is 0 Å². The molecule has 0 saturated heterocycles. The highest BCUT2D eigenvalue weighted by Gasteiger charge is 2.28. The van der Waals surface area contributed by atoms with Gasteiger partial charge in [-0.3, -0.25) is 0 Å². The molecule has 4 heteroatoms. The molecule has 0 spiro atoms. The van der Waals surface area contributed by atoms with Gasteiger partial charge in [-0.2, -0.15) is 0 Å². The fraction of sp³-hybridized carbons (Fsp3) is 0.467. The molecule has 1 aromatic carbocycles. The van der Waals surface area contributed by atoms with Crippen LogP contribution in [0.1, 0.15) is 62.5 Å². The second kappa shape index (κ2) is 5.53. The molecule has 2 nitrogen and oxygen atoms in total. The van der Waals surface area contributed by atoms with Crippen molar-refractivity contribution in [3.05, 3.63) is 45.6 Å². The summed E-state index contributed by atoms with van der Waals surface area (Å²) >= 11 is 3.62. The van der Waals surface area contributed by atoms with E-state index in [1.165, 1.54) is 12.5 Å². The molecule has 0 N–H and O–H groups in total. The van der Waals surface area contributed by atoms with Gasteiger partial charge in [-0.1, -0.05) is 43.6 Å². The van der Waals surface area contributed by atoms with Crippen LogP contribution in [0.5, 0.6) is 0 Å². The lowest BCUT2D eigenvalue weighted by molar-refractivity contribution is -0.0280. The smallest absolute Gasteiger partial charge is 0.269 e. The second-order valence-electron chi connectivity index (χ2n) is 5.27. The normalized spacial score (nSPS) is 15.2. The van der Waals surface area contributed by atoms with E-state index in [4.69, 9.17) is 9.47 Å². The molecule has 0 saturated carbocycles. The van der Waals surface area contributed by atoms with E-state index in [1.807, 2.05) is 27.7 Å². The van der Waals surface area contributed by atoms with Crippen LogP contribution < -0.4 is 0 Å². The Kier molecular flexibility index (Phi) is 4.19. The Bertz CT molecular complexity index is 501. The summed E-state index contributed by atoms with van der Waals surface area (Å²) in [4.78, 5) is 0. The van der Waals surface area contributed by atoms with Crippen molar-refractivity contribution in [3.63, 3.8) is 0 Å². The molecule has 0 bridgehead atoms. The topological polar surface area (TPSA) is 18.5 Å². The van der Waals surface area contributed by atoms with Crippen LogP contribution in [0.15, 0.2) is 23.1 Å². The van der Waals surface area contributed by atoms with Crippen LogP contribution in [-0.2, 0) is 9.47 Å². The van der Waals surface area contributed by atoms with E-state index in [0.29, 0.717) is 5.56 Å². The number of hydrogen-bond acceptors (Lipinski definition) is 2. The van der Waals surface area contributed by atoms with Gasteiger partial charge >= 0.3 is 0 Å². The van der Waals surface area contributed by atoms with Gasteiger partial charge < -0.3 is 9.47 Å². The van der Waals surface area contributed by atoms with Gasteiger partial charge in [0.05, 0.1) is 5.56 Å².